The molecule has 0 spiro atoms. The molecule has 4 rings (SSSR count). The zero-order valence-electron chi connectivity index (χ0n) is 20.8. The maximum Gasteiger partial charge on any atom is 0.573 e. The molecule has 0 aliphatic carbocycles. The summed E-state index contributed by atoms with van der Waals surface area (Å²) in [5.41, 5.74) is 5.09. The third-order valence-electron chi connectivity index (χ3n) is 5.97. The van der Waals surface area contributed by atoms with Gasteiger partial charge in [-0.2, -0.15) is 10.2 Å². The Labute approximate surface area is 206 Å². The fraction of sp³-hybridized carbons (Fsp3) is 0.360. The van der Waals surface area contributed by atoms with Crippen LogP contribution < -0.4 is 4.74 Å². The van der Waals surface area contributed by atoms with Crippen molar-refractivity contribution in [3.8, 4) is 22.8 Å². The van der Waals surface area contributed by atoms with Crippen molar-refractivity contribution in [2.75, 3.05) is 0 Å². The van der Waals surface area contributed by atoms with Crippen LogP contribution in [0.25, 0.3) is 17.1 Å². The maximum atomic E-state index is 12.5. The Bertz CT molecular complexity index is 1400. The molecule has 1 N–H and O–H groups in total. The number of nitrogens with zero attached hydrogens (tertiary/aromatic N) is 6. The lowest BCUT2D eigenvalue weighted by atomic mass is 9.96. The highest BCUT2D eigenvalue weighted by molar-refractivity contribution is 5.64. The molecule has 8 nitrogen and oxygen atoms in total. The molecule has 190 valence electrons. The highest BCUT2D eigenvalue weighted by Gasteiger charge is 2.31. The summed E-state index contributed by atoms with van der Waals surface area (Å²) in [7, 11) is 1.81. The van der Waals surface area contributed by atoms with Crippen molar-refractivity contribution in [1.29, 1.82) is 0 Å². The molecule has 0 bridgehead atoms. The first-order valence-corrected chi connectivity index (χ1v) is 11.2. The number of ether oxygens (including phenoxy) is 1. The van der Waals surface area contributed by atoms with E-state index in [9.17, 15) is 18.3 Å². The van der Waals surface area contributed by atoms with Crippen LogP contribution in [0.2, 0.25) is 0 Å². The number of hydrogen-bond donors (Lipinski definition) is 1. The Hall–Kier alpha value is -3.73. The molecule has 0 aliphatic heterocycles. The summed E-state index contributed by atoms with van der Waals surface area (Å²) in [6.07, 6.45) is -2.82. The normalized spacial score (nSPS) is 12.3. The van der Waals surface area contributed by atoms with Crippen LogP contribution in [0.3, 0.4) is 0 Å². The molecule has 0 fully saturated rings. The lowest BCUT2D eigenvalue weighted by Crippen LogP contribution is -2.18. The molecule has 0 saturated carbocycles. The smallest absolute Gasteiger partial charge is 0.406 e. The monoisotopic (exact) mass is 500 g/mol. The van der Waals surface area contributed by atoms with Gasteiger partial charge in [-0.05, 0) is 64.4 Å². The predicted octanol–water partition coefficient (Wildman–Crippen LogP) is 4.70. The van der Waals surface area contributed by atoms with Gasteiger partial charge < -0.3 is 9.84 Å². The first kappa shape index (κ1) is 25.4. The molecule has 0 atom stereocenters. The van der Waals surface area contributed by atoms with E-state index in [1.165, 1.54) is 18.5 Å². The molecule has 0 radical (unpaired) electrons. The lowest BCUT2D eigenvalue weighted by Gasteiger charge is -2.18. The number of aryl methyl sites for hydroxylation is 2. The predicted molar refractivity (Wildman–Crippen MR) is 127 cm³/mol. The van der Waals surface area contributed by atoms with Gasteiger partial charge in [0, 0.05) is 42.0 Å². The summed E-state index contributed by atoms with van der Waals surface area (Å²) < 4.78 is 44.8. The lowest BCUT2D eigenvalue weighted by molar-refractivity contribution is -0.274. The van der Waals surface area contributed by atoms with E-state index >= 15 is 0 Å². The van der Waals surface area contributed by atoms with Crippen LogP contribution in [0.15, 0.2) is 36.7 Å². The van der Waals surface area contributed by atoms with E-state index in [1.807, 2.05) is 33.9 Å². The average molecular weight is 501 g/mol. The summed E-state index contributed by atoms with van der Waals surface area (Å²) in [6.45, 7) is 9.09. The van der Waals surface area contributed by atoms with Crippen molar-refractivity contribution < 1.29 is 23.0 Å². The van der Waals surface area contributed by atoms with E-state index in [2.05, 4.69) is 24.9 Å². The van der Waals surface area contributed by atoms with Crippen LogP contribution in [0.5, 0.6) is 5.75 Å². The summed E-state index contributed by atoms with van der Waals surface area (Å²) in [5.74, 6) is 0.293. The van der Waals surface area contributed by atoms with Gasteiger partial charge in [0.2, 0.25) is 0 Å². The van der Waals surface area contributed by atoms with Crippen LogP contribution in [-0.2, 0) is 19.1 Å². The number of hydrogen-bond acceptors (Lipinski definition) is 6. The van der Waals surface area contributed by atoms with Crippen LogP contribution in [0.4, 0.5) is 13.2 Å². The van der Waals surface area contributed by atoms with Crippen molar-refractivity contribution in [2.45, 2.75) is 53.0 Å². The van der Waals surface area contributed by atoms with Gasteiger partial charge >= 0.3 is 6.36 Å². The molecule has 0 unspecified atom stereocenters. The quantitative estimate of drug-likeness (QED) is 0.413. The third-order valence-corrected chi connectivity index (χ3v) is 5.97. The van der Waals surface area contributed by atoms with E-state index < -0.39 is 12.0 Å². The molecule has 36 heavy (non-hydrogen) atoms. The Balaban J connectivity index is 1.62. The molecule has 0 aliphatic rings. The van der Waals surface area contributed by atoms with E-state index in [1.54, 1.807) is 35.3 Å². The fourth-order valence-corrected chi connectivity index (χ4v) is 4.52. The van der Waals surface area contributed by atoms with Gasteiger partial charge in [-0.25, -0.2) is 14.6 Å². The van der Waals surface area contributed by atoms with Crippen molar-refractivity contribution in [1.82, 2.24) is 29.5 Å². The van der Waals surface area contributed by atoms with Crippen LogP contribution in [0, 0.1) is 20.8 Å². The molecule has 3 heterocycles. The number of alkyl halides is 3. The standard InChI is InChI=1S/C25H27F3N6O2/c1-14-20(33(6)32-23(14)17-7-9-19(10-8-17)36-25(26,27)28)11-18-12-21(30-13-29-18)34-16(3)22(15(2)31-34)24(4,5)35/h7-10,12-13,35H,11H2,1-6H3. The van der Waals surface area contributed by atoms with Gasteiger partial charge in [-0.3, -0.25) is 4.68 Å². The number of aliphatic hydroxyl groups is 1. The molecule has 3 aromatic heterocycles. The third kappa shape index (κ3) is 5.11. The number of aromatic nitrogens is 6. The van der Waals surface area contributed by atoms with Gasteiger partial charge in [0.05, 0.1) is 22.7 Å². The van der Waals surface area contributed by atoms with Crippen molar-refractivity contribution >= 4 is 0 Å². The Kier molecular flexibility index (Phi) is 6.38. The minimum atomic E-state index is -4.74. The zero-order valence-corrected chi connectivity index (χ0v) is 20.8. The van der Waals surface area contributed by atoms with Crippen molar-refractivity contribution in [3.05, 3.63) is 70.6 Å². The van der Waals surface area contributed by atoms with Gasteiger partial charge in [0.25, 0.3) is 0 Å². The van der Waals surface area contributed by atoms with E-state index in [4.69, 9.17) is 0 Å². The molecular weight excluding hydrogens is 473 g/mol. The molecule has 0 saturated heterocycles. The summed E-state index contributed by atoms with van der Waals surface area (Å²) in [5, 5.41) is 19.7. The minimum Gasteiger partial charge on any atom is -0.406 e. The van der Waals surface area contributed by atoms with Gasteiger partial charge in [0.15, 0.2) is 5.82 Å². The molecule has 0 amide bonds. The maximum absolute atomic E-state index is 12.5. The highest BCUT2D eigenvalue weighted by Crippen LogP contribution is 2.30. The Morgan fingerprint density at radius 3 is 2.25 bits per heavy atom. The summed E-state index contributed by atoms with van der Waals surface area (Å²) in [4.78, 5) is 8.79. The van der Waals surface area contributed by atoms with E-state index in [0.717, 1.165) is 33.9 Å². The first-order valence-electron chi connectivity index (χ1n) is 11.2. The summed E-state index contributed by atoms with van der Waals surface area (Å²) >= 11 is 0. The zero-order chi connectivity index (χ0) is 26.4. The number of halogens is 3. The molecule has 4 aromatic rings. The Morgan fingerprint density at radius 1 is 1.00 bits per heavy atom. The van der Waals surface area contributed by atoms with Crippen LogP contribution in [0.1, 0.15) is 47.8 Å². The average Bonchev–Trinajstić information content (AvgIpc) is 3.23. The second-order valence-corrected chi connectivity index (χ2v) is 9.18. The highest BCUT2D eigenvalue weighted by atomic mass is 19.4. The SMILES string of the molecule is Cc1nn(-c2cc(Cc3c(C)c(-c4ccc(OC(F)(F)F)cc4)nn3C)ncn2)c(C)c1C(C)(C)O. The number of rotatable bonds is 6. The second-order valence-electron chi connectivity index (χ2n) is 9.18. The topological polar surface area (TPSA) is 90.9 Å². The van der Waals surface area contributed by atoms with Gasteiger partial charge in [-0.15, -0.1) is 13.2 Å². The van der Waals surface area contributed by atoms with E-state index in [-0.39, 0.29) is 5.75 Å². The largest absolute Gasteiger partial charge is 0.573 e. The van der Waals surface area contributed by atoms with Gasteiger partial charge in [0.1, 0.15) is 12.1 Å². The van der Waals surface area contributed by atoms with Crippen molar-refractivity contribution in [2.24, 2.45) is 7.05 Å². The fourth-order valence-electron chi connectivity index (χ4n) is 4.52. The van der Waals surface area contributed by atoms with E-state index in [0.29, 0.717) is 23.5 Å². The van der Waals surface area contributed by atoms with Crippen molar-refractivity contribution in [3.63, 3.8) is 0 Å². The van der Waals surface area contributed by atoms with Gasteiger partial charge in [-0.1, -0.05) is 0 Å². The van der Waals surface area contributed by atoms with Crippen LogP contribution in [-0.4, -0.2) is 41.0 Å². The molecule has 11 heteroatoms. The molecule has 1 aromatic carbocycles. The Morgan fingerprint density at radius 2 is 1.67 bits per heavy atom. The minimum absolute atomic E-state index is 0.287. The van der Waals surface area contributed by atoms with Crippen LogP contribution >= 0.6 is 0 Å². The first-order chi connectivity index (χ1) is 16.7. The number of benzene rings is 1. The second kappa shape index (κ2) is 9.05. The summed E-state index contributed by atoms with van der Waals surface area (Å²) in [6, 6.07) is 7.47. The molecular formula is C25H27F3N6O2.